The number of hydrogen-bond donors (Lipinski definition) is 2. The SMILES string of the molecule is CC(NC(=O)Cc1ccc(N)cc1)c1ccc(OCC(F)(F)F)cc1. The third-order valence-electron chi connectivity index (χ3n) is 3.50. The van der Waals surface area contributed by atoms with Gasteiger partial charge in [0.2, 0.25) is 5.91 Å². The van der Waals surface area contributed by atoms with Gasteiger partial charge in [-0.1, -0.05) is 24.3 Å². The molecule has 0 bridgehead atoms. The van der Waals surface area contributed by atoms with Crippen LogP contribution in [0, 0.1) is 0 Å². The highest BCUT2D eigenvalue weighted by atomic mass is 19.4. The van der Waals surface area contributed by atoms with E-state index in [2.05, 4.69) is 10.1 Å². The molecule has 2 rings (SSSR count). The van der Waals surface area contributed by atoms with Crippen LogP contribution in [0.2, 0.25) is 0 Å². The molecule has 1 unspecified atom stereocenters. The fourth-order valence-electron chi connectivity index (χ4n) is 2.21. The van der Waals surface area contributed by atoms with Crippen LogP contribution in [0.4, 0.5) is 18.9 Å². The van der Waals surface area contributed by atoms with Gasteiger partial charge in [-0.15, -0.1) is 0 Å². The van der Waals surface area contributed by atoms with Gasteiger partial charge in [-0.2, -0.15) is 13.2 Å². The van der Waals surface area contributed by atoms with Crippen molar-refractivity contribution in [1.29, 1.82) is 0 Å². The highest BCUT2D eigenvalue weighted by Crippen LogP contribution is 2.21. The lowest BCUT2D eigenvalue weighted by molar-refractivity contribution is -0.153. The molecule has 0 aromatic heterocycles. The number of nitrogens with two attached hydrogens (primary N) is 1. The lowest BCUT2D eigenvalue weighted by Gasteiger charge is -2.15. The lowest BCUT2D eigenvalue weighted by atomic mass is 10.1. The predicted molar refractivity (Wildman–Crippen MR) is 89.1 cm³/mol. The van der Waals surface area contributed by atoms with Gasteiger partial charge in [-0.05, 0) is 42.3 Å². The Hall–Kier alpha value is -2.70. The van der Waals surface area contributed by atoms with E-state index in [0.29, 0.717) is 5.69 Å². The maximum Gasteiger partial charge on any atom is 0.422 e. The third-order valence-corrected chi connectivity index (χ3v) is 3.50. The Morgan fingerprint density at radius 2 is 1.72 bits per heavy atom. The van der Waals surface area contributed by atoms with Crippen LogP contribution in [0.5, 0.6) is 5.75 Å². The van der Waals surface area contributed by atoms with Gasteiger partial charge in [-0.25, -0.2) is 0 Å². The van der Waals surface area contributed by atoms with E-state index in [9.17, 15) is 18.0 Å². The first-order valence-electron chi connectivity index (χ1n) is 7.66. The van der Waals surface area contributed by atoms with Gasteiger partial charge in [0.25, 0.3) is 0 Å². The van der Waals surface area contributed by atoms with E-state index in [0.717, 1.165) is 11.1 Å². The molecule has 2 aromatic rings. The monoisotopic (exact) mass is 352 g/mol. The molecule has 0 aliphatic heterocycles. The van der Waals surface area contributed by atoms with E-state index in [1.54, 1.807) is 43.3 Å². The zero-order valence-corrected chi connectivity index (χ0v) is 13.6. The van der Waals surface area contributed by atoms with Crippen molar-refractivity contribution in [1.82, 2.24) is 5.32 Å². The zero-order valence-electron chi connectivity index (χ0n) is 13.6. The second kappa shape index (κ2) is 7.92. The van der Waals surface area contributed by atoms with Gasteiger partial charge in [0.05, 0.1) is 12.5 Å². The molecule has 0 heterocycles. The Morgan fingerprint density at radius 1 is 1.12 bits per heavy atom. The number of alkyl halides is 3. The summed E-state index contributed by atoms with van der Waals surface area (Å²) in [6.07, 6.45) is -4.15. The molecule has 3 N–H and O–H groups in total. The highest BCUT2D eigenvalue weighted by molar-refractivity contribution is 5.79. The predicted octanol–water partition coefficient (Wildman–Crippen LogP) is 3.63. The maximum atomic E-state index is 12.1. The molecule has 0 saturated carbocycles. The molecular formula is C18H19F3N2O2. The van der Waals surface area contributed by atoms with Crippen LogP contribution in [0.3, 0.4) is 0 Å². The van der Waals surface area contributed by atoms with Gasteiger partial charge in [0.1, 0.15) is 5.75 Å². The van der Waals surface area contributed by atoms with Gasteiger partial charge in [0.15, 0.2) is 6.61 Å². The Balaban J connectivity index is 1.88. The highest BCUT2D eigenvalue weighted by Gasteiger charge is 2.28. The topological polar surface area (TPSA) is 64.4 Å². The fraction of sp³-hybridized carbons (Fsp3) is 0.278. The smallest absolute Gasteiger partial charge is 0.422 e. The number of carbonyl (C=O) groups is 1. The zero-order chi connectivity index (χ0) is 18.4. The minimum absolute atomic E-state index is 0.126. The molecule has 7 heteroatoms. The summed E-state index contributed by atoms with van der Waals surface area (Å²) in [6, 6.07) is 12.9. The number of nitrogens with one attached hydrogen (secondary N) is 1. The van der Waals surface area contributed by atoms with Gasteiger partial charge >= 0.3 is 6.18 Å². The van der Waals surface area contributed by atoms with E-state index in [1.165, 1.54) is 12.1 Å². The van der Waals surface area contributed by atoms with Crippen molar-refractivity contribution in [3.05, 3.63) is 59.7 Å². The van der Waals surface area contributed by atoms with E-state index < -0.39 is 12.8 Å². The largest absolute Gasteiger partial charge is 0.484 e. The Labute approximate surface area is 143 Å². The average Bonchev–Trinajstić information content (AvgIpc) is 2.55. The normalized spacial score (nSPS) is 12.5. The van der Waals surface area contributed by atoms with Crippen LogP contribution in [-0.4, -0.2) is 18.7 Å². The summed E-state index contributed by atoms with van der Waals surface area (Å²) in [5.74, 6) is -0.0313. The fourth-order valence-corrected chi connectivity index (χ4v) is 2.21. The number of halogens is 3. The van der Waals surface area contributed by atoms with Crippen LogP contribution in [0.1, 0.15) is 24.1 Å². The molecule has 4 nitrogen and oxygen atoms in total. The van der Waals surface area contributed by atoms with Gasteiger partial charge in [-0.3, -0.25) is 4.79 Å². The summed E-state index contributed by atoms with van der Waals surface area (Å²) in [5, 5.41) is 2.84. The molecule has 0 aliphatic rings. The van der Waals surface area contributed by atoms with Crippen LogP contribution >= 0.6 is 0 Å². The van der Waals surface area contributed by atoms with E-state index in [-0.39, 0.29) is 24.1 Å². The van der Waals surface area contributed by atoms with Crippen molar-refractivity contribution in [2.75, 3.05) is 12.3 Å². The van der Waals surface area contributed by atoms with Crippen LogP contribution in [-0.2, 0) is 11.2 Å². The second-order valence-corrected chi connectivity index (χ2v) is 5.68. The molecule has 0 radical (unpaired) electrons. The summed E-state index contributed by atoms with van der Waals surface area (Å²) < 4.78 is 41.0. The van der Waals surface area contributed by atoms with Crippen molar-refractivity contribution in [2.45, 2.75) is 25.6 Å². The van der Waals surface area contributed by atoms with Crippen molar-refractivity contribution >= 4 is 11.6 Å². The standard InChI is InChI=1S/C18H19F3N2O2/c1-12(23-17(24)10-13-2-6-15(22)7-3-13)14-4-8-16(9-5-14)25-11-18(19,20)21/h2-9,12H,10-11,22H2,1H3,(H,23,24). The van der Waals surface area contributed by atoms with Crippen LogP contribution in [0.15, 0.2) is 48.5 Å². The summed E-state index contributed by atoms with van der Waals surface area (Å²) in [7, 11) is 0. The molecule has 1 atom stereocenters. The number of carbonyl (C=O) groups excluding carboxylic acids is 1. The van der Waals surface area contributed by atoms with Crippen molar-refractivity contribution in [3.63, 3.8) is 0 Å². The van der Waals surface area contributed by atoms with E-state index in [1.807, 2.05) is 0 Å². The number of amides is 1. The first kappa shape index (κ1) is 18.6. The molecule has 25 heavy (non-hydrogen) atoms. The van der Waals surface area contributed by atoms with Crippen LogP contribution in [0.25, 0.3) is 0 Å². The second-order valence-electron chi connectivity index (χ2n) is 5.68. The quantitative estimate of drug-likeness (QED) is 0.781. The average molecular weight is 352 g/mol. The Morgan fingerprint density at radius 3 is 2.28 bits per heavy atom. The number of ether oxygens (including phenoxy) is 1. The molecule has 0 saturated heterocycles. The molecule has 0 aliphatic carbocycles. The van der Waals surface area contributed by atoms with E-state index >= 15 is 0 Å². The molecule has 134 valence electrons. The van der Waals surface area contributed by atoms with Gasteiger partial charge in [0, 0.05) is 5.69 Å². The minimum atomic E-state index is -4.37. The van der Waals surface area contributed by atoms with Crippen molar-refractivity contribution in [2.24, 2.45) is 0 Å². The first-order valence-corrected chi connectivity index (χ1v) is 7.66. The molecule has 1 amide bonds. The maximum absolute atomic E-state index is 12.1. The molecule has 0 spiro atoms. The number of rotatable bonds is 6. The summed E-state index contributed by atoms with van der Waals surface area (Å²) >= 11 is 0. The molecule has 2 aromatic carbocycles. The summed E-state index contributed by atoms with van der Waals surface area (Å²) in [4.78, 5) is 12.1. The summed E-state index contributed by atoms with van der Waals surface area (Å²) in [5.41, 5.74) is 7.84. The molecule has 0 fully saturated rings. The number of nitrogen functional groups attached to an aromatic ring is 1. The van der Waals surface area contributed by atoms with E-state index in [4.69, 9.17) is 5.73 Å². The first-order chi connectivity index (χ1) is 11.7. The van der Waals surface area contributed by atoms with Crippen molar-refractivity contribution in [3.8, 4) is 5.75 Å². The lowest BCUT2D eigenvalue weighted by Crippen LogP contribution is -2.28. The minimum Gasteiger partial charge on any atom is -0.484 e. The third kappa shape index (κ3) is 6.37. The molecular weight excluding hydrogens is 333 g/mol. The number of anilines is 1. The Kier molecular flexibility index (Phi) is 5.90. The van der Waals surface area contributed by atoms with Crippen molar-refractivity contribution < 1.29 is 22.7 Å². The summed E-state index contributed by atoms with van der Waals surface area (Å²) in [6.45, 7) is 0.465. The number of hydrogen-bond acceptors (Lipinski definition) is 3. The number of benzene rings is 2. The van der Waals surface area contributed by atoms with Crippen LogP contribution < -0.4 is 15.8 Å². The van der Waals surface area contributed by atoms with Gasteiger partial charge < -0.3 is 15.8 Å². The Bertz CT molecular complexity index is 698.